The number of amides is 1. The van der Waals surface area contributed by atoms with Gasteiger partial charge in [-0.2, -0.15) is 0 Å². The third-order valence-electron chi connectivity index (χ3n) is 6.10. The summed E-state index contributed by atoms with van der Waals surface area (Å²) in [6.07, 6.45) is 3.81. The van der Waals surface area contributed by atoms with Crippen molar-refractivity contribution < 1.29 is 17.6 Å². The maximum absolute atomic E-state index is 13.3. The highest BCUT2D eigenvalue weighted by Crippen LogP contribution is 2.23. The molecule has 1 fully saturated rings. The van der Waals surface area contributed by atoms with Crippen LogP contribution in [0.3, 0.4) is 0 Å². The third kappa shape index (κ3) is 6.68. The Bertz CT molecular complexity index is 1210. The number of nitrogens with one attached hydrogen (secondary N) is 1. The number of hydrogen-bond donors (Lipinski definition) is 1. The molecule has 0 spiro atoms. The van der Waals surface area contributed by atoms with E-state index in [1.54, 1.807) is 30.3 Å². The number of nitrogens with zero attached hydrogens (tertiary/aromatic N) is 2. The van der Waals surface area contributed by atoms with Crippen LogP contribution < -0.4 is 9.62 Å². The van der Waals surface area contributed by atoms with Gasteiger partial charge in [-0.1, -0.05) is 48.9 Å². The Morgan fingerprint density at radius 2 is 1.49 bits per heavy atom. The predicted octanol–water partition coefficient (Wildman–Crippen LogP) is 4.32. The molecule has 0 aromatic heterocycles. The molecule has 184 valence electrons. The van der Waals surface area contributed by atoms with Crippen molar-refractivity contribution >= 4 is 21.6 Å². The van der Waals surface area contributed by atoms with Gasteiger partial charge in [-0.3, -0.25) is 14.0 Å². The molecule has 8 heteroatoms. The van der Waals surface area contributed by atoms with Crippen molar-refractivity contribution in [3.63, 3.8) is 0 Å². The molecule has 0 unspecified atom stereocenters. The van der Waals surface area contributed by atoms with E-state index < -0.39 is 28.3 Å². The summed E-state index contributed by atoms with van der Waals surface area (Å²) >= 11 is 0. The quantitative estimate of drug-likeness (QED) is 0.480. The van der Waals surface area contributed by atoms with Crippen molar-refractivity contribution in [3.05, 3.63) is 95.8 Å². The van der Waals surface area contributed by atoms with E-state index in [0.29, 0.717) is 12.2 Å². The summed E-state index contributed by atoms with van der Waals surface area (Å²) in [5, 5.41) is 2.82. The summed E-state index contributed by atoms with van der Waals surface area (Å²) in [4.78, 5) is 15.2. The molecule has 1 N–H and O–H groups in total. The maximum Gasteiger partial charge on any atom is 0.264 e. The van der Waals surface area contributed by atoms with Crippen LogP contribution in [0, 0.1) is 5.82 Å². The minimum Gasteiger partial charge on any atom is -0.350 e. The van der Waals surface area contributed by atoms with Crippen LogP contribution in [-0.2, 0) is 27.9 Å². The van der Waals surface area contributed by atoms with Crippen molar-refractivity contribution in [1.82, 2.24) is 10.2 Å². The second-order valence-electron chi connectivity index (χ2n) is 8.73. The van der Waals surface area contributed by atoms with Crippen molar-refractivity contribution in [2.24, 2.45) is 0 Å². The van der Waals surface area contributed by atoms with Gasteiger partial charge in [0.05, 0.1) is 10.6 Å². The molecule has 0 saturated carbocycles. The maximum atomic E-state index is 13.3. The number of para-hydroxylation sites is 1. The van der Waals surface area contributed by atoms with E-state index in [9.17, 15) is 17.6 Å². The Kier molecular flexibility index (Phi) is 8.15. The fourth-order valence-electron chi connectivity index (χ4n) is 4.17. The number of sulfonamides is 1. The molecule has 3 aromatic rings. The van der Waals surface area contributed by atoms with Gasteiger partial charge in [0.15, 0.2) is 0 Å². The minimum atomic E-state index is -4.07. The summed E-state index contributed by atoms with van der Waals surface area (Å²) in [5.41, 5.74) is 2.53. The van der Waals surface area contributed by atoms with Gasteiger partial charge in [-0.15, -0.1) is 0 Å². The number of anilines is 1. The van der Waals surface area contributed by atoms with Crippen molar-refractivity contribution in [3.8, 4) is 0 Å². The topological polar surface area (TPSA) is 69.7 Å². The highest BCUT2D eigenvalue weighted by molar-refractivity contribution is 7.92. The van der Waals surface area contributed by atoms with E-state index in [0.717, 1.165) is 41.6 Å². The first-order valence-corrected chi connectivity index (χ1v) is 13.3. The van der Waals surface area contributed by atoms with Gasteiger partial charge in [-0.05, 0) is 73.5 Å². The zero-order valence-electron chi connectivity index (χ0n) is 19.6. The van der Waals surface area contributed by atoms with Crippen LogP contribution in [0.2, 0.25) is 0 Å². The zero-order chi connectivity index (χ0) is 24.7. The molecule has 6 nitrogen and oxygen atoms in total. The van der Waals surface area contributed by atoms with Gasteiger partial charge in [0.2, 0.25) is 5.91 Å². The summed E-state index contributed by atoms with van der Waals surface area (Å²) < 4.78 is 40.9. The third-order valence-corrected chi connectivity index (χ3v) is 7.89. The van der Waals surface area contributed by atoms with E-state index in [2.05, 4.69) is 22.3 Å². The van der Waals surface area contributed by atoms with Crippen LogP contribution in [0.5, 0.6) is 0 Å². The van der Waals surface area contributed by atoms with Gasteiger partial charge < -0.3 is 5.32 Å². The second kappa shape index (κ2) is 11.5. The standard InChI is InChI=1S/C27H30FN3O3S/c28-24-13-15-26(16-14-24)35(33,34)31(25-7-3-1-4-8-25)21-27(32)29-19-22-9-11-23(12-10-22)20-30-17-5-2-6-18-30/h1,3-4,7-16H,2,5-6,17-21H2,(H,29,32). The van der Waals surface area contributed by atoms with Gasteiger partial charge in [0.1, 0.15) is 12.4 Å². The van der Waals surface area contributed by atoms with E-state index >= 15 is 0 Å². The molecule has 1 heterocycles. The van der Waals surface area contributed by atoms with Gasteiger partial charge in [0.25, 0.3) is 10.0 Å². The van der Waals surface area contributed by atoms with Crippen LogP contribution in [-0.4, -0.2) is 38.9 Å². The van der Waals surface area contributed by atoms with E-state index in [1.807, 2.05) is 12.1 Å². The molecule has 4 rings (SSSR count). The Balaban J connectivity index is 1.40. The average Bonchev–Trinajstić information content (AvgIpc) is 2.88. The fourth-order valence-corrected chi connectivity index (χ4v) is 5.59. The normalized spacial score (nSPS) is 14.4. The average molecular weight is 496 g/mol. The molecule has 3 aromatic carbocycles. The SMILES string of the molecule is O=C(CN(c1ccccc1)S(=O)(=O)c1ccc(F)cc1)NCc1ccc(CN2CCCCC2)cc1. The molecule has 1 saturated heterocycles. The van der Waals surface area contributed by atoms with E-state index in [1.165, 1.54) is 37.0 Å². The molecule has 1 aliphatic rings. The molecule has 0 aliphatic carbocycles. The van der Waals surface area contributed by atoms with Gasteiger partial charge in [-0.25, -0.2) is 12.8 Å². The number of halogens is 1. The molecule has 35 heavy (non-hydrogen) atoms. The molecule has 1 amide bonds. The summed E-state index contributed by atoms with van der Waals surface area (Å²) in [7, 11) is -4.07. The van der Waals surface area contributed by atoms with Crippen molar-refractivity contribution in [1.29, 1.82) is 0 Å². The van der Waals surface area contributed by atoms with E-state index in [-0.39, 0.29) is 4.90 Å². The Labute approximate surface area is 206 Å². The first kappa shape index (κ1) is 24.9. The Morgan fingerprint density at radius 3 is 2.14 bits per heavy atom. The smallest absolute Gasteiger partial charge is 0.264 e. The highest BCUT2D eigenvalue weighted by atomic mass is 32.2. The summed E-state index contributed by atoms with van der Waals surface area (Å²) in [6, 6.07) is 21.1. The van der Waals surface area contributed by atoms with Crippen LogP contribution in [0.25, 0.3) is 0 Å². The number of hydrogen-bond acceptors (Lipinski definition) is 4. The van der Waals surface area contributed by atoms with Crippen molar-refractivity contribution in [2.75, 3.05) is 23.9 Å². The first-order chi connectivity index (χ1) is 16.9. The molecule has 0 radical (unpaired) electrons. The van der Waals surface area contributed by atoms with Crippen LogP contribution in [0.15, 0.2) is 83.8 Å². The number of piperidine rings is 1. The van der Waals surface area contributed by atoms with Crippen LogP contribution in [0.4, 0.5) is 10.1 Å². The number of benzene rings is 3. The van der Waals surface area contributed by atoms with Gasteiger partial charge in [0, 0.05) is 13.1 Å². The Morgan fingerprint density at radius 1 is 0.857 bits per heavy atom. The number of likely N-dealkylation sites (tertiary alicyclic amines) is 1. The fraction of sp³-hybridized carbons (Fsp3) is 0.296. The Hall–Kier alpha value is -3.23. The molecule has 0 atom stereocenters. The van der Waals surface area contributed by atoms with E-state index in [4.69, 9.17) is 0 Å². The lowest BCUT2D eigenvalue weighted by atomic mass is 10.1. The number of carbonyl (C=O) groups excluding carboxylic acids is 1. The summed E-state index contributed by atoms with van der Waals surface area (Å²) in [6.45, 7) is 3.10. The molecular weight excluding hydrogens is 465 g/mol. The lowest BCUT2D eigenvalue weighted by Gasteiger charge is -2.26. The molecular formula is C27H30FN3O3S. The largest absolute Gasteiger partial charge is 0.350 e. The lowest BCUT2D eigenvalue weighted by Crippen LogP contribution is -2.40. The predicted molar refractivity (Wildman–Crippen MR) is 135 cm³/mol. The zero-order valence-corrected chi connectivity index (χ0v) is 20.4. The van der Waals surface area contributed by atoms with Gasteiger partial charge >= 0.3 is 0 Å². The van der Waals surface area contributed by atoms with Crippen LogP contribution >= 0.6 is 0 Å². The first-order valence-electron chi connectivity index (χ1n) is 11.8. The monoisotopic (exact) mass is 495 g/mol. The molecule has 0 bridgehead atoms. The second-order valence-corrected chi connectivity index (χ2v) is 10.6. The minimum absolute atomic E-state index is 0.0835. The number of rotatable bonds is 9. The van der Waals surface area contributed by atoms with Crippen LogP contribution in [0.1, 0.15) is 30.4 Å². The number of carbonyl (C=O) groups is 1. The molecule has 1 aliphatic heterocycles. The highest BCUT2D eigenvalue weighted by Gasteiger charge is 2.27. The summed E-state index contributed by atoms with van der Waals surface area (Å²) in [5.74, 6) is -0.966. The lowest BCUT2D eigenvalue weighted by molar-refractivity contribution is -0.119. The van der Waals surface area contributed by atoms with Crippen molar-refractivity contribution in [2.45, 2.75) is 37.2 Å².